The molecule has 1 aliphatic heterocycles. The lowest BCUT2D eigenvalue weighted by Gasteiger charge is -2.30. The third kappa shape index (κ3) is 2.51. The van der Waals surface area contributed by atoms with Crippen molar-refractivity contribution in [3.05, 3.63) is 29.8 Å². The fourth-order valence-electron chi connectivity index (χ4n) is 1.85. The fraction of sp³-hybridized carbons (Fsp3) is 0.385. The number of ether oxygens (including phenoxy) is 1. The average molecular weight is 248 g/mol. The van der Waals surface area contributed by atoms with E-state index in [-0.39, 0.29) is 11.8 Å². The summed E-state index contributed by atoms with van der Waals surface area (Å²) in [6.07, 6.45) is 0.869. The molecule has 1 saturated heterocycles. The number of β-lactam (4-membered cyclic amide) rings is 1. The molecule has 1 atom stereocenters. The third-order valence-electron chi connectivity index (χ3n) is 3.05. The highest BCUT2D eigenvalue weighted by Crippen LogP contribution is 2.15. The molecule has 1 fully saturated rings. The Morgan fingerprint density at radius 2 is 2.11 bits per heavy atom. The maximum atomic E-state index is 11.8. The number of amides is 2. The topological polar surface area (TPSA) is 72.6 Å². The van der Waals surface area contributed by atoms with Crippen molar-refractivity contribution in [3.8, 4) is 5.75 Å². The first-order chi connectivity index (χ1) is 8.61. The Morgan fingerprint density at radius 3 is 2.56 bits per heavy atom. The van der Waals surface area contributed by atoms with Crippen LogP contribution in [0.15, 0.2) is 24.3 Å². The molecule has 2 rings (SSSR count). The highest BCUT2D eigenvalue weighted by atomic mass is 16.5. The molecule has 0 saturated carbocycles. The van der Waals surface area contributed by atoms with E-state index in [1.54, 1.807) is 7.11 Å². The van der Waals surface area contributed by atoms with E-state index in [0.29, 0.717) is 19.4 Å². The molecule has 0 unspecified atom stereocenters. The van der Waals surface area contributed by atoms with Crippen LogP contribution in [-0.4, -0.2) is 36.4 Å². The highest BCUT2D eigenvalue weighted by molar-refractivity contribution is 6.01. The van der Waals surface area contributed by atoms with Crippen LogP contribution < -0.4 is 10.5 Å². The minimum absolute atomic E-state index is 0.134. The molecule has 1 aromatic carbocycles. The van der Waals surface area contributed by atoms with Gasteiger partial charge in [0, 0.05) is 13.0 Å². The van der Waals surface area contributed by atoms with Crippen molar-refractivity contribution in [1.29, 1.82) is 0 Å². The zero-order valence-corrected chi connectivity index (χ0v) is 10.3. The standard InChI is InChI=1S/C13H16N2O3/c1-18-10-4-2-9(3-5-10)8-11(14)13(17)15-7-6-12(15)16/h2-5,11H,6-8,14H2,1H3/t11-/m1/s1. The number of nitrogens with zero attached hydrogens (tertiary/aromatic N) is 1. The van der Waals surface area contributed by atoms with E-state index >= 15 is 0 Å². The summed E-state index contributed by atoms with van der Waals surface area (Å²) in [7, 11) is 1.60. The van der Waals surface area contributed by atoms with Crippen LogP contribution in [0.3, 0.4) is 0 Å². The molecule has 2 N–H and O–H groups in total. The summed E-state index contributed by atoms with van der Waals surface area (Å²) in [6, 6.07) is 6.71. The number of rotatable bonds is 4. The van der Waals surface area contributed by atoms with E-state index in [4.69, 9.17) is 10.5 Å². The van der Waals surface area contributed by atoms with E-state index in [9.17, 15) is 9.59 Å². The van der Waals surface area contributed by atoms with Crippen molar-refractivity contribution in [3.63, 3.8) is 0 Å². The van der Waals surface area contributed by atoms with Gasteiger partial charge in [0.25, 0.3) is 0 Å². The van der Waals surface area contributed by atoms with Crippen molar-refractivity contribution < 1.29 is 14.3 Å². The number of benzene rings is 1. The van der Waals surface area contributed by atoms with E-state index < -0.39 is 6.04 Å². The smallest absolute Gasteiger partial charge is 0.246 e. The first-order valence-electron chi connectivity index (χ1n) is 5.84. The van der Waals surface area contributed by atoms with Crippen molar-refractivity contribution >= 4 is 11.8 Å². The van der Waals surface area contributed by atoms with Gasteiger partial charge in [0.2, 0.25) is 11.8 Å². The van der Waals surface area contributed by atoms with Gasteiger partial charge in [-0.15, -0.1) is 0 Å². The van der Waals surface area contributed by atoms with Crippen LogP contribution in [0.1, 0.15) is 12.0 Å². The van der Waals surface area contributed by atoms with E-state index in [1.807, 2.05) is 24.3 Å². The molecule has 0 spiro atoms. The van der Waals surface area contributed by atoms with Crippen LogP contribution in [0.5, 0.6) is 5.75 Å². The molecule has 0 radical (unpaired) electrons. The second kappa shape index (κ2) is 5.18. The molecule has 1 heterocycles. The lowest BCUT2D eigenvalue weighted by molar-refractivity contribution is -0.153. The number of methoxy groups -OCH3 is 1. The van der Waals surface area contributed by atoms with Gasteiger partial charge in [-0.25, -0.2) is 0 Å². The van der Waals surface area contributed by atoms with Gasteiger partial charge in [-0.2, -0.15) is 0 Å². The zero-order valence-electron chi connectivity index (χ0n) is 10.3. The molecule has 0 aromatic heterocycles. The maximum absolute atomic E-state index is 11.8. The molecule has 0 aliphatic carbocycles. The average Bonchev–Trinajstić information content (AvgIpc) is 2.37. The van der Waals surface area contributed by atoms with Crippen LogP contribution in [0, 0.1) is 0 Å². The molecule has 2 amide bonds. The molecule has 5 heteroatoms. The van der Waals surface area contributed by atoms with Gasteiger partial charge in [-0.05, 0) is 24.1 Å². The monoisotopic (exact) mass is 248 g/mol. The van der Waals surface area contributed by atoms with Gasteiger partial charge in [-0.3, -0.25) is 14.5 Å². The van der Waals surface area contributed by atoms with Crippen LogP contribution in [0.4, 0.5) is 0 Å². The summed E-state index contributed by atoms with van der Waals surface area (Å²) in [4.78, 5) is 24.2. The summed E-state index contributed by atoms with van der Waals surface area (Å²) < 4.78 is 5.05. The fourth-order valence-corrected chi connectivity index (χ4v) is 1.85. The Hall–Kier alpha value is -1.88. The molecule has 1 aromatic rings. The minimum Gasteiger partial charge on any atom is -0.497 e. The molecule has 18 heavy (non-hydrogen) atoms. The molecule has 96 valence electrons. The van der Waals surface area contributed by atoms with Crippen molar-refractivity contribution in [2.45, 2.75) is 18.9 Å². The van der Waals surface area contributed by atoms with E-state index in [2.05, 4.69) is 0 Å². The number of hydrogen-bond donors (Lipinski definition) is 1. The summed E-state index contributed by atoms with van der Waals surface area (Å²) in [5, 5.41) is 0. The van der Waals surface area contributed by atoms with Crippen LogP contribution in [0.25, 0.3) is 0 Å². The summed E-state index contributed by atoms with van der Waals surface area (Å²) in [6.45, 7) is 0.494. The first kappa shape index (κ1) is 12.6. The summed E-state index contributed by atoms with van der Waals surface area (Å²) >= 11 is 0. The highest BCUT2D eigenvalue weighted by Gasteiger charge is 2.32. The Kier molecular flexibility index (Phi) is 3.62. The Morgan fingerprint density at radius 1 is 1.44 bits per heavy atom. The normalized spacial score (nSPS) is 16.1. The largest absolute Gasteiger partial charge is 0.497 e. The summed E-state index contributed by atoms with van der Waals surface area (Å²) in [5.74, 6) is 0.337. The maximum Gasteiger partial charge on any atom is 0.246 e. The van der Waals surface area contributed by atoms with Gasteiger partial charge >= 0.3 is 0 Å². The molecular weight excluding hydrogens is 232 g/mol. The summed E-state index contributed by atoms with van der Waals surface area (Å²) in [5.41, 5.74) is 6.77. The number of imide groups is 1. The predicted octanol–water partition coefficient (Wildman–Crippen LogP) is 0.324. The van der Waals surface area contributed by atoms with Gasteiger partial charge < -0.3 is 10.5 Å². The zero-order chi connectivity index (χ0) is 13.1. The van der Waals surface area contributed by atoms with E-state index in [1.165, 1.54) is 4.90 Å². The Bertz CT molecular complexity index is 456. The number of carbonyl (C=O) groups is 2. The first-order valence-corrected chi connectivity index (χ1v) is 5.84. The Labute approximate surface area is 106 Å². The van der Waals surface area contributed by atoms with Crippen molar-refractivity contribution in [2.75, 3.05) is 13.7 Å². The minimum atomic E-state index is -0.664. The van der Waals surface area contributed by atoms with Crippen LogP contribution in [-0.2, 0) is 16.0 Å². The lowest BCUT2D eigenvalue weighted by atomic mass is 10.0. The second-order valence-corrected chi connectivity index (χ2v) is 4.29. The number of carbonyl (C=O) groups excluding carboxylic acids is 2. The predicted molar refractivity (Wildman–Crippen MR) is 66.0 cm³/mol. The van der Waals surface area contributed by atoms with Gasteiger partial charge in [0.1, 0.15) is 5.75 Å². The van der Waals surface area contributed by atoms with Gasteiger partial charge in [0.05, 0.1) is 13.2 Å². The van der Waals surface area contributed by atoms with E-state index in [0.717, 1.165) is 11.3 Å². The molecule has 1 aliphatic rings. The number of nitrogens with two attached hydrogens (primary N) is 1. The SMILES string of the molecule is COc1ccc(C[C@@H](N)C(=O)N2CCC2=O)cc1. The number of likely N-dealkylation sites (tertiary alicyclic amines) is 1. The quantitative estimate of drug-likeness (QED) is 0.779. The second-order valence-electron chi connectivity index (χ2n) is 4.29. The Balaban J connectivity index is 1.95. The van der Waals surface area contributed by atoms with Crippen LogP contribution in [0.2, 0.25) is 0 Å². The number of hydrogen-bond acceptors (Lipinski definition) is 4. The van der Waals surface area contributed by atoms with Gasteiger partial charge in [-0.1, -0.05) is 12.1 Å². The van der Waals surface area contributed by atoms with Crippen molar-refractivity contribution in [2.24, 2.45) is 5.73 Å². The van der Waals surface area contributed by atoms with Crippen molar-refractivity contribution in [1.82, 2.24) is 4.90 Å². The van der Waals surface area contributed by atoms with Crippen LogP contribution >= 0.6 is 0 Å². The third-order valence-corrected chi connectivity index (χ3v) is 3.05. The lowest BCUT2D eigenvalue weighted by Crippen LogP contribution is -2.54. The molecule has 5 nitrogen and oxygen atoms in total. The molecular formula is C13H16N2O3. The molecule has 0 bridgehead atoms. The van der Waals surface area contributed by atoms with Gasteiger partial charge in [0.15, 0.2) is 0 Å².